The number of benzene rings is 1. The van der Waals surface area contributed by atoms with E-state index in [0.29, 0.717) is 60.7 Å². The Labute approximate surface area is 262 Å². The first kappa shape index (κ1) is 34.0. The minimum Gasteiger partial charge on any atom is -0.459 e. The number of hydrogen-bond acceptors (Lipinski definition) is 6. The number of carbonyl (C=O) groups excluding carboxylic acids is 2. The van der Waals surface area contributed by atoms with Crippen LogP contribution >= 0.6 is 0 Å². The number of fused-ring (bicyclic) bond motifs is 3. The average Bonchev–Trinajstić information content (AvgIpc) is 3.55. The van der Waals surface area contributed by atoms with E-state index in [1.807, 2.05) is 19.9 Å². The molecule has 2 fully saturated rings. The molecule has 4 atom stereocenters. The molecule has 2 amide bonds. The Morgan fingerprint density at radius 1 is 1.02 bits per heavy atom. The summed E-state index contributed by atoms with van der Waals surface area (Å²) in [6, 6.07) is 4.14. The topological polar surface area (TPSA) is 100 Å². The molecule has 3 heterocycles. The van der Waals surface area contributed by atoms with Gasteiger partial charge >= 0.3 is 19.5 Å². The molecule has 14 heteroatoms. The van der Waals surface area contributed by atoms with E-state index in [2.05, 4.69) is 0 Å². The second-order valence-corrected chi connectivity index (χ2v) is 12.0. The summed E-state index contributed by atoms with van der Waals surface area (Å²) in [7, 11) is -1.30. The Balaban J connectivity index is 1.48. The van der Waals surface area contributed by atoms with Crippen LogP contribution < -0.4 is 4.90 Å². The highest BCUT2D eigenvalue weighted by Gasteiger charge is 2.58. The molecule has 2 aromatic rings. The molecule has 0 bridgehead atoms. The van der Waals surface area contributed by atoms with Gasteiger partial charge in [-0.2, -0.15) is 26.3 Å². The average molecular weight is 653 g/mol. The maximum atomic E-state index is 13.9. The highest BCUT2D eigenvalue weighted by atomic mass is 19.4. The van der Waals surface area contributed by atoms with Crippen molar-refractivity contribution in [2.75, 3.05) is 4.90 Å². The number of anilines is 1. The molecule has 1 aromatic carbocycles. The van der Waals surface area contributed by atoms with Gasteiger partial charge in [0.1, 0.15) is 18.1 Å². The van der Waals surface area contributed by atoms with E-state index in [0.717, 1.165) is 16.7 Å². The van der Waals surface area contributed by atoms with Gasteiger partial charge in [-0.3, -0.25) is 9.59 Å². The molecule has 2 N–H and O–H groups in total. The molecule has 0 saturated carbocycles. The minimum atomic E-state index is -5.15. The number of rotatable bonds is 9. The molecule has 0 unspecified atom stereocenters. The summed E-state index contributed by atoms with van der Waals surface area (Å²) >= 11 is 0. The second-order valence-electron chi connectivity index (χ2n) is 12.0. The monoisotopic (exact) mass is 653 g/mol. The Morgan fingerprint density at radius 3 is 2.26 bits per heavy atom. The van der Waals surface area contributed by atoms with Crippen LogP contribution in [0.2, 0.25) is 6.32 Å². The molecule has 1 aliphatic carbocycles. The minimum absolute atomic E-state index is 0.0452. The number of amides is 2. The Morgan fingerprint density at radius 2 is 1.70 bits per heavy atom. The summed E-state index contributed by atoms with van der Waals surface area (Å²) in [5.41, 5.74) is -1.41. The zero-order chi connectivity index (χ0) is 33.6. The number of carbonyl (C=O) groups is 2. The SMILES string of the molecule is CCCC1=C2[C@@H](CC/C(=C/c3ccc(CO)o3)CC)OB(O)C[C@@H]2[C@@H]2C(=O)N(c3cc(C(F)(F)F)cc(C(F)(F)F)c3)C(=O)[C@@H]2C1. The van der Waals surface area contributed by atoms with E-state index in [1.54, 1.807) is 12.1 Å². The summed E-state index contributed by atoms with van der Waals surface area (Å²) in [5.74, 6) is -3.52. The molecule has 3 aliphatic rings. The molecule has 248 valence electrons. The van der Waals surface area contributed by atoms with Crippen LogP contribution in [0.25, 0.3) is 6.08 Å². The predicted octanol–water partition coefficient (Wildman–Crippen LogP) is 7.18. The number of halogens is 6. The van der Waals surface area contributed by atoms with Crippen LogP contribution in [-0.2, 0) is 33.2 Å². The largest absolute Gasteiger partial charge is 0.459 e. The van der Waals surface area contributed by atoms with E-state index < -0.39 is 72.0 Å². The highest BCUT2D eigenvalue weighted by molar-refractivity contribution is 6.43. The maximum Gasteiger partial charge on any atom is 0.455 e. The van der Waals surface area contributed by atoms with Crippen molar-refractivity contribution in [2.24, 2.45) is 17.8 Å². The van der Waals surface area contributed by atoms with Gasteiger partial charge in [-0.25, -0.2) is 4.90 Å². The van der Waals surface area contributed by atoms with Crippen molar-refractivity contribution in [3.05, 3.63) is 69.7 Å². The zero-order valence-electron chi connectivity index (χ0n) is 25.3. The number of hydrogen-bond donors (Lipinski definition) is 2. The van der Waals surface area contributed by atoms with Crippen LogP contribution in [0.5, 0.6) is 0 Å². The lowest BCUT2D eigenvalue weighted by Crippen LogP contribution is -2.46. The molecule has 7 nitrogen and oxygen atoms in total. The molecule has 1 aromatic heterocycles. The number of imide groups is 1. The fraction of sp³-hybridized carbons (Fsp3) is 0.500. The van der Waals surface area contributed by atoms with Gasteiger partial charge in [0.2, 0.25) is 11.8 Å². The summed E-state index contributed by atoms with van der Waals surface area (Å²) < 4.78 is 93.3. The van der Waals surface area contributed by atoms with Gasteiger partial charge in [0.25, 0.3) is 0 Å². The van der Waals surface area contributed by atoms with Crippen LogP contribution in [0.3, 0.4) is 0 Å². The molecule has 5 rings (SSSR count). The van der Waals surface area contributed by atoms with E-state index in [1.165, 1.54) is 0 Å². The van der Waals surface area contributed by atoms with Crippen molar-refractivity contribution >= 4 is 30.7 Å². The number of aliphatic hydroxyl groups excluding tert-OH is 1. The third-order valence-electron chi connectivity index (χ3n) is 9.06. The van der Waals surface area contributed by atoms with Gasteiger partial charge in [-0.15, -0.1) is 0 Å². The summed E-state index contributed by atoms with van der Waals surface area (Å²) in [5, 5.41) is 20.1. The van der Waals surface area contributed by atoms with Crippen LogP contribution in [0.4, 0.5) is 32.0 Å². The van der Waals surface area contributed by atoms with E-state index in [-0.39, 0.29) is 25.4 Å². The van der Waals surface area contributed by atoms with E-state index in [9.17, 15) is 46.1 Å². The van der Waals surface area contributed by atoms with Crippen LogP contribution in [0.15, 0.2) is 51.5 Å². The first-order chi connectivity index (χ1) is 21.7. The van der Waals surface area contributed by atoms with Gasteiger partial charge in [0.15, 0.2) is 0 Å². The highest BCUT2D eigenvalue weighted by Crippen LogP contribution is 2.52. The van der Waals surface area contributed by atoms with Gasteiger partial charge in [-0.1, -0.05) is 31.4 Å². The molecule has 0 radical (unpaired) electrons. The predicted molar refractivity (Wildman–Crippen MR) is 156 cm³/mol. The van der Waals surface area contributed by atoms with Gasteiger partial charge in [0, 0.05) is 0 Å². The third-order valence-corrected chi connectivity index (χ3v) is 9.06. The number of nitrogens with zero attached hydrogens (tertiary/aromatic N) is 1. The van der Waals surface area contributed by atoms with E-state index in [4.69, 9.17) is 9.07 Å². The molecule has 46 heavy (non-hydrogen) atoms. The summed E-state index contributed by atoms with van der Waals surface area (Å²) in [4.78, 5) is 28.1. The fourth-order valence-corrected chi connectivity index (χ4v) is 7.05. The lowest BCUT2D eigenvalue weighted by atomic mass is 9.58. The maximum absolute atomic E-state index is 13.9. The lowest BCUT2D eigenvalue weighted by Gasteiger charge is -2.43. The molecular formula is C32H34BF6NO6. The second kappa shape index (κ2) is 13.0. The molecular weight excluding hydrogens is 619 g/mol. The smallest absolute Gasteiger partial charge is 0.455 e. The number of furan rings is 1. The first-order valence-corrected chi connectivity index (χ1v) is 15.3. The molecule has 2 saturated heterocycles. The molecule has 2 aliphatic heterocycles. The van der Waals surface area contributed by atoms with Gasteiger partial charge < -0.3 is 19.2 Å². The van der Waals surface area contributed by atoms with Crippen LogP contribution in [0, 0.1) is 17.8 Å². The Kier molecular flexibility index (Phi) is 9.63. The van der Waals surface area contributed by atoms with Crippen molar-refractivity contribution in [1.82, 2.24) is 0 Å². The lowest BCUT2D eigenvalue weighted by molar-refractivity contribution is -0.143. The van der Waals surface area contributed by atoms with Crippen molar-refractivity contribution in [3.8, 4) is 0 Å². The van der Waals surface area contributed by atoms with Crippen LogP contribution in [-0.4, -0.2) is 35.2 Å². The Hall–Kier alpha value is -3.36. The first-order valence-electron chi connectivity index (χ1n) is 15.3. The quantitative estimate of drug-likeness (QED) is 0.129. The molecule has 0 spiro atoms. The standard InChI is InChI=1S/C32H34BF6NO6/c1-3-5-18-11-24-28(30(43)40(29(24)42)21-13-19(31(34,35)36)12-20(14-21)32(37,38)39)25-15-33(44)46-26(27(18)25)9-6-17(4-2)10-22-7-8-23(16-41)45-22/h7-8,10,12-14,24-26,28,41,44H,3-6,9,11,15-16H2,1-2H3/b17-10+/t24-,25+,26-,28-/m1/s1. The van der Waals surface area contributed by atoms with Gasteiger partial charge in [0.05, 0.1) is 34.8 Å². The van der Waals surface area contributed by atoms with Crippen molar-refractivity contribution in [3.63, 3.8) is 0 Å². The third kappa shape index (κ3) is 6.70. The van der Waals surface area contributed by atoms with Crippen molar-refractivity contribution in [2.45, 2.75) is 83.8 Å². The Bertz CT molecular complexity index is 1510. The number of allylic oxidation sites excluding steroid dienone is 2. The summed E-state index contributed by atoms with van der Waals surface area (Å²) in [6.45, 7) is 3.65. The number of aliphatic hydroxyl groups is 1. The zero-order valence-corrected chi connectivity index (χ0v) is 25.3. The number of alkyl halides is 6. The van der Waals surface area contributed by atoms with E-state index >= 15 is 0 Å². The fourth-order valence-electron chi connectivity index (χ4n) is 7.05. The van der Waals surface area contributed by atoms with Crippen molar-refractivity contribution < 1.29 is 55.1 Å². The van der Waals surface area contributed by atoms with Crippen molar-refractivity contribution in [1.29, 1.82) is 0 Å². The van der Waals surface area contributed by atoms with Crippen LogP contribution in [0.1, 0.15) is 75.0 Å². The normalized spacial score (nSPS) is 24.2. The van der Waals surface area contributed by atoms with Gasteiger partial charge in [-0.05, 0) is 86.3 Å². The summed E-state index contributed by atoms with van der Waals surface area (Å²) in [6.07, 6.45) is -6.19.